The monoisotopic (exact) mass is 929 g/mol. The van der Waals surface area contributed by atoms with Crippen LogP contribution in [0.25, 0.3) is 16.6 Å². The van der Waals surface area contributed by atoms with Crippen molar-refractivity contribution in [1.82, 2.24) is 19.6 Å². The predicted molar refractivity (Wildman–Crippen MR) is 248 cm³/mol. The third-order valence-electron chi connectivity index (χ3n) is 13.2. The Morgan fingerprint density at radius 2 is 1.82 bits per heavy atom. The Labute approximate surface area is 382 Å². The molecule has 2 fully saturated rings. The average Bonchev–Trinajstić information content (AvgIpc) is 3.73. The molecule has 0 bridgehead atoms. The van der Waals surface area contributed by atoms with Crippen LogP contribution in [0.2, 0.25) is 5.02 Å². The zero-order chi connectivity index (χ0) is 46.3. The fourth-order valence-electron chi connectivity index (χ4n) is 8.73. The minimum atomic E-state index is -4.86. The molecule has 2 atom stereocenters. The second kappa shape index (κ2) is 18.4. The maximum Gasteiger partial charge on any atom is 0.296 e. The third-order valence-corrected chi connectivity index (χ3v) is 14.8. The number of carbonyl (C=O) groups excluding carboxylic acids is 1. The highest BCUT2D eigenvalue weighted by Crippen LogP contribution is 2.54. The van der Waals surface area contributed by atoms with E-state index >= 15 is 4.39 Å². The first-order valence-corrected chi connectivity index (χ1v) is 23.4. The zero-order valence-corrected chi connectivity index (χ0v) is 38.5. The molecule has 18 heteroatoms. The summed E-state index contributed by atoms with van der Waals surface area (Å²) in [4.78, 5) is 36.5. The number of nitrogens with one attached hydrogen (secondary N) is 3. The molecule has 8 rings (SSSR count). The number of nitro benzene ring substituents is 1. The van der Waals surface area contributed by atoms with E-state index in [9.17, 15) is 23.3 Å². The fraction of sp³-hybridized carbons (Fsp3) is 0.404. The molecule has 344 valence electrons. The SMILES string of the molecule is C[C@@H]1CN(c2ccc(C(=O)NS(=O)(=O)c3cc(F)c(NCC4COCCO4)c([N+](=O)[O-])c3)c(Oc3cnc4[nH]ccc4c3)c2)CCN1CC1=C(c2ccc(Cl)cc2)CC(C)(C)C(C)(C)C1. The van der Waals surface area contributed by atoms with Gasteiger partial charge in [-0.1, -0.05) is 57.0 Å². The quantitative estimate of drug-likeness (QED) is 0.0755. The van der Waals surface area contributed by atoms with Crippen LogP contribution in [0.3, 0.4) is 0 Å². The van der Waals surface area contributed by atoms with E-state index in [0.29, 0.717) is 54.9 Å². The molecule has 3 aliphatic rings. The Hall–Kier alpha value is -5.59. The maximum absolute atomic E-state index is 15.5. The van der Waals surface area contributed by atoms with Crippen molar-refractivity contribution >= 4 is 61.2 Å². The highest BCUT2D eigenvalue weighted by Gasteiger charge is 2.43. The van der Waals surface area contributed by atoms with Crippen LogP contribution in [0.5, 0.6) is 11.5 Å². The van der Waals surface area contributed by atoms with Gasteiger partial charge in [0.05, 0.1) is 47.5 Å². The van der Waals surface area contributed by atoms with Gasteiger partial charge in [-0.25, -0.2) is 22.5 Å². The van der Waals surface area contributed by atoms with Gasteiger partial charge in [-0.05, 0) is 84.2 Å². The molecule has 1 unspecified atom stereocenters. The number of carbonyl (C=O) groups is 1. The first kappa shape index (κ1) is 46.0. The van der Waals surface area contributed by atoms with Crippen molar-refractivity contribution < 1.29 is 36.7 Å². The smallest absolute Gasteiger partial charge is 0.296 e. The van der Waals surface area contributed by atoms with E-state index in [2.05, 4.69) is 71.8 Å². The van der Waals surface area contributed by atoms with Gasteiger partial charge in [-0.2, -0.15) is 0 Å². The third kappa shape index (κ3) is 9.99. The Balaban J connectivity index is 1.04. The molecule has 3 N–H and O–H groups in total. The van der Waals surface area contributed by atoms with E-state index in [-0.39, 0.29) is 41.3 Å². The maximum atomic E-state index is 15.5. The lowest BCUT2D eigenvalue weighted by atomic mass is 9.57. The highest BCUT2D eigenvalue weighted by molar-refractivity contribution is 7.90. The van der Waals surface area contributed by atoms with Gasteiger partial charge in [0.15, 0.2) is 5.82 Å². The van der Waals surface area contributed by atoms with E-state index in [4.69, 9.17) is 25.8 Å². The Morgan fingerprint density at radius 1 is 1.05 bits per heavy atom. The average molecular weight is 930 g/mol. The van der Waals surface area contributed by atoms with Gasteiger partial charge < -0.3 is 29.4 Å². The first-order chi connectivity index (χ1) is 30.9. The topological polar surface area (TPSA) is 181 Å². The summed E-state index contributed by atoms with van der Waals surface area (Å²) in [5.41, 5.74) is 4.04. The number of benzene rings is 3. The molecule has 65 heavy (non-hydrogen) atoms. The number of aromatic nitrogens is 2. The molecule has 1 amide bonds. The molecule has 0 spiro atoms. The van der Waals surface area contributed by atoms with Crippen molar-refractivity contribution in [2.45, 2.75) is 64.5 Å². The number of anilines is 2. The molecular weight excluding hydrogens is 877 g/mol. The van der Waals surface area contributed by atoms with Crippen LogP contribution in [0.1, 0.15) is 63.4 Å². The molecule has 0 radical (unpaired) electrons. The van der Waals surface area contributed by atoms with Gasteiger partial charge in [0.1, 0.15) is 22.8 Å². The lowest BCUT2D eigenvalue weighted by molar-refractivity contribution is -0.384. The summed E-state index contributed by atoms with van der Waals surface area (Å²) in [7, 11) is -4.86. The number of sulfonamides is 1. The number of H-pyrrole nitrogens is 1. The van der Waals surface area contributed by atoms with Crippen molar-refractivity contribution in [3.63, 3.8) is 0 Å². The number of piperazine rings is 1. The van der Waals surface area contributed by atoms with Crippen molar-refractivity contribution in [2.24, 2.45) is 10.8 Å². The van der Waals surface area contributed by atoms with Gasteiger partial charge in [0.25, 0.3) is 21.6 Å². The van der Waals surface area contributed by atoms with Gasteiger partial charge in [-0.15, -0.1) is 0 Å². The number of pyridine rings is 1. The lowest BCUT2D eigenvalue weighted by Crippen LogP contribution is -2.53. The van der Waals surface area contributed by atoms with Crippen LogP contribution >= 0.6 is 11.6 Å². The summed E-state index contributed by atoms with van der Waals surface area (Å²) in [5.74, 6) is -1.97. The molecule has 5 aromatic rings. The number of fused-ring (bicyclic) bond motifs is 1. The summed E-state index contributed by atoms with van der Waals surface area (Å²) in [5, 5.41) is 16.2. The van der Waals surface area contributed by atoms with Gasteiger partial charge in [-0.3, -0.25) is 19.8 Å². The number of rotatable bonds is 13. The van der Waals surface area contributed by atoms with Crippen LogP contribution < -0.4 is 19.7 Å². The minimum absolute atomic E-state index is 0.0259. The molecule has 2 saturated heterocycles. The minimum Gasteiger partial charge on any atom is -0.455 e. The molecule has 0 saturated carbocycles. The molecule has 3 aromatic carbocycles. The number of hydrogen-bond acceptors (Lipinski definition) is 12. The van der Waals surface area contributed by atoms with Crippen molar-refractivity contribution in [2.75, 3.05) is 62.8 Å². The molecule has 1 aliphatic carbocycles. The molecular formula is C47H53ClFN7O8S. The number of ether oxygens (including phenoxy) is 3. The lowest BCUT2D eigenvalue weighted by Gasteiger charge is -2.49. The van der Waals surface area contributed by atoms with Crippen molar-refractivity contribution in [3.05, 3.63) is 117 Å². The van der Waals surface area contributed by atoms with Gasteiger partial charge in [0.2, 0.25) is 0 Å². The number of nitro groups is 1. The zero-order valence-electron chi connectivity index (χ0n) is 37.0. The Kier molecular flexibility index (Phi) is 13.0. The number of hydrogen-bond donors (Lipinski definition) is 3. The summed E-state index contributed by atoms with van der Waals surface area (Å²) in [6.45, 7) is 15.4. The number of amides is 1. The summed E-state index contributed by atoms with van der Waals surface area (Å²) in [6.07, 6.45) is 4.63. The molecule has 15 nitrogen and oxygen atoms in total. The first-order valence-electron chi connectivity index (χ1n) is 21.6. The van der Waals surface area contributed by atoms with E-state index < -0.39 is 49.0 Å². The normalized spacial score (nSPS) is 20.1. The van der Waals surface area contributed by atoms with E-state index in [1.165, 1.54) is 29.0 Å². The Bertz CT molecular complexity index is 2760. The van der Waals surface area contributed by atoms with E-state index in [1.807, 2.05) is 22.9 Å². The number of allylic oxidation sites excluding steroid dienone is 1. The van der Waals surface area contributed by atoms with Crippen molar-refractivity contribution in [1.29, 1.82) is 0 Å². The summed E-state index contributed by atoms with van der Waals surface area (Å²) in [6, 6.07) is 18.0. The van der Waals surface area contributed by atoms with E-state index in [1.54, 1.807) is 24.4 Å². The van der Waals surface area contributed by atoms with Crippen molar-refractivity contribution in [3.8, 4) is 11.5 Å². The van der Waals surface area contributed by atoms with Crippen LogP contribution in [-0.2, 0) is 19.5 Å². The largest absolute Gasteiger partial charge is 0.455 e. The fourth-order valence-corrected chi connectivity index (χ4v) is 9.86. The number of nitrogens with zero attached hydrogens (tertiary/aromatic N) is 4. The second-order valence-corrected chi connectivity index (χ2v) is 20.4. The Morgan fingerprint density at radius 3 is 2.54 bits per heavy atom. The van der Waals surface area contributed by atoms with Gasteiger partial charge >= 0.3 is 0 Å². The number of halogens is 2. The van der Waals surface area contributed by atoms with Crippen LogP contribution in [0, 0.1) is 26.8 Å². The van der Waals surface area contributed by atoms with Crippen LogP contribution in [0.4, 0.5) is 21.5 Å². The standard InChI is InChI=1S/C47H53ClFN7O8S/c1-29-26-55(15-14-54(29)27-32-22-46(2,3)47(4,5)23-39(32)30-6-8-33(48)9-7-30)34-10-11-38(42(19-34)64-35-18-31-12-13-50-44(31)52-24-35)45(57)53-65(60,61)37-20-40(49)43(41(21-37)56(58)59)51-25-36-28-62-16-17-63-36/h6-13,18-21,24,29,36,51H,14-17,22-23,25-28H2,1-5H3,(H,50,52)(H,53,57)/t29-,36?/m1/s1. The van der Waals surface area contributed by atoms with Crippen LogP contribution in [-0.4, -0.2) is 98.8 Å². The number of aromatic amines is 1. The molecule has 2 aliphatic heterocycles. The molecule has 2 aromatic heterocycles. The summed E-state index contributed by atoms with van der Waals surface area (Å²) < 4.78 is 62.0. The second-order valence-electron chi connectivity index (χ2n) is 18.3. The molecule has 4 heterocycles. The van der Waals surface area contributed by atoms with E-state index in [0.717, 1.165) is 37.0 Å². The van der Waals surface area contributed by atoms with Gasteiger partial charge in [0, 0.05) is 73.2 Å². The predicted octanol–water partition coefficient (Wildman–Crippen LogP) is 8.81. The summed E-state index contributed by atoms with van der Waals surface area (Å²) >= 11 is 6.29. The van der Waals surface area contributed by atoms with Crippen LogP contribution in [0.15, 0.2) is 89.6 Å². The highest BCUT2D eigenvalue weighted by atomic mass is 35.5.